The van der Waals surface area contributed by atoms with E-state index in [1.54, 1.807) is 0 Å². The third kappa shape index (κ3) is 4.63. The van der Waals surface area contributed by atoms with Crippen LogP contribution in [-0.4, -0.2) is 11.1 Å². The highest BCUT2D eigenvalue weighted by molar-refractivity contribution is 5.66. The Kier molecular flexibility index (Phi) is 4.88. The normalized spacial score (nSPS) is 10.2. The van der Waals surface area contributed by atoms with Crippen LogP contribution >= 0.6 is 0 Å². The lowest BCUT2D eigenvalue weighted by Crippen LogP contribution is -1.96. The highest BCUT2D eigenvalue weighted by Crippen LogP contribution is 2.09. The van der Waals surface area contributed by atoms with E-state index in [0.29, 0.717) is 0 Å². The average Bonchev–Trinajstić information content (AvgIpc) is 2.20. The number of aliphatic carboxylic acids is 1. The van der Waals surface area contributed by atoms with Crippen molar-refractivity contribution in [1.29, 1.82) is 0 Å². The van der Waals surface area contributed by atoms with Gasteiger partial charge >= 0.3 is 5.97 Å². The van der Waals surface area contributed by atoms with E-state index in [9.17, 15) is 4.79 Å². The van der Waals surface area contributed by atoms with Crippen LogP contribution in [0, 0.1) is 0 Å². The smallest absolute Gasteiger partial charge is 0.303 e. The molecule has 0 aliphatic rings. The van der Waals surface area contributed by atoms with E-state index in [0.717, 1.165) is 19.3 Å². The van der Waals surface area contributed by atoms with Crippen LogP contribution in [-0.2, 0) is 17.6 Å². The zero-order chi connectivity index (χ0) is 11.1. The van der Waals surface area contributed by atoms with Crippen LogP contribution in [0.25, 0.3) is 0 Å². The van der Waals surface area contributed by atoms with E-state index in [4.69, 9.17) is 5.11 Å². The van der Waals surface area contributed by atoms with Crippen molar-refractivity contribution >= 4 is 5.97 Å². The minimum atomic E-state index is -0.711. The minimum absolute atomic E-state index is 0.261. The monoisotopic (exact) mass is 206 g/mol. The molecule has 2 nitrogen and oxygen atoms in total. The summed E-state index contributed by atoms with van der Waals surface area (Å²) in [7, 11) is 0. The molecule has 0 radical (unpaired) electrons. The molecule has 2 heteroatoms. The minimum Gasteiger partial charge on any atom is -0.481 e. The molecule has 0 aliphatic carbocycles. The lowest BCUT2D eigenvalue weighted by molar-refractivity contribution is -0.137. The maximum atomic E-state index is 10.3. The topological polar surface area (TPSA) is 37.3 Å². The van der Waals surface area contributed by atoms with Gasteiger partial charge < -0.3 is 5.11 Å². The lowest BCUT2D eigenvalue weighted by atomic mass is 10.0. The van der Waals surface area contributed by atoms with Crippen molar-refractivity contribution in [1.82, 2.24) is 0 Å². The predicted molar refractivity (Wildman–Crippen MR) is 61.0 cm³/mol. The van der Waals surface area contributed by atoms with Crippen molar-refractivity contribution in [2.24, 2.45) is 0 Å². The molecule has 0 fully saturated rings. The molecule has 0 aliphatic heterocycles. The van der Waals surface area contributed by atoms with Crippen molar-refractivity contribution < 1.29 is 9.90 Å². The van der Waals surface area contributed by atoms with Crippen LogP contribution in [0.2, 0.25) is 0 Å². The average molecular weight is 206 g/mol. The van der Waals surface area contributed by atoms with E-state index < -0.39 is 5.97 Å². The zero-order valence-corrected chi connectivity index (χ0v) is 9.20. The summed E-state index contributed by atoms with van der Waals surface area (Å²) in [5, 5.41) is 8.51. The molecular formula is C13H18O2. The molecule has 0 saturated carbocycles. The molecule has 0 atom stereocenters. The molecular weight excluding hydrogens is 188 g/mol. The van der Waals surface area contributed by atoms with Gasteiger partial charge in [0, 0.05) is 6.42 Å². The van der Waals surface area contributed by atoms with Gasteiger partial charge in [0.2, 0.25) is 0 Å². The Labute approximate surface area is 90.9 Å². The maximum Gasteiger partial charge on any atom is 0.303 e. The second kappa shape index (κ2) is 6.23. The van der Waals surface area contributed by atoms with Gasteiger partial charge in [-0.15, -0.1) is 0 Å². The van der Waals surface area contributed by atoms with Crippen molar-refractivity contribution in [3.63, 3.8) is 0 Å². The van der Waals surface area contributed by atoms with Gasteiger partial charge in [0.25, 0.3) is 0 Å². The van der Waals surface area contributed by atoms with Crippen molar-refractivity contribution in [2.75, 3.05) is 0 Å². The quantitative estimate of drug-likeness (QED) is 0.776. The van der Waals surface area contributed by atoms with Gasteiger partial charge in [0.05, 0.1) is 0 Å². The summed E-state index contributed by atoms with van der Waals surface area (Å²) in [6.45, 7) is 2.17. The Balaban J connectivity index is 2.39. The van der Waals surface area contributed by atoms with Gasteiger partial charge in [-0.2, -0.15) is 0 Å². The van der Waals surface area contributed by atoms with E-state index >= 15 is 0 Å². The largest absolute Gasteiger partial charge is 0.481 e. The summed E-state index contributed by atoms with van der Waals surface area (Å²) in [6, 6.07) is 8.49. The number of hydrogen-bond acceptors (Lipinski definition) is 1. The first-order valence-electron chi connectivity index (χ1n) is 5.52. The summed E-state index contributed by atoms with van der Waals surface area (Å²) in [6.07, 6.45) is 4.13. The number of carboxylic acid groups (broad SMARTS) is 1. The van der Waals surface area contributed by atoms with Crippen LogP contribution in [0.3, 0.4) is 0 Å². The summed E-state index contributed by atoms with van der Waals surface area (Å²) in [5.74, 6) is -0.711. The molecule has 0 unspecified atom stereocenters. The van der Waals surface area contributed by atoms with Gasteiger partial charge in [-0.3, -0.25) is 4.79 Å². The summed E-state index contributed by atoms with van der Waals surface area (Å²) >= 11 is 0. The first-order valence-corrected chi connectivity index (χ1v) is 5.52. The molecule has 15 heavy (non-hydrogen) atoms. The highest BCUT2D eigenvalue weighted by Gasteiger charge is 1.98. The Morgan fingerprint density at radius 3 is 2.13 bits per heavy atom. The van der Waals surface area contributed by atoms with Crippen LogP contribution in [0.1, 0.15) is 37.3 Å². The summed E-state index contributed by atoms with van der Waals surface area (Å²) in [4.78, 5) is 10.3. The van der Waals surface area contributed by atoms with Gasteiger partial charge in [0.1, 0.15) is 0 Å². The SMILES string of the molecule is CCCc1ccc(CCCC(=O)O)cc1. The second-order valence-electron chi connectivity index (χ2n) is 3.81. The fraction of sp³-hybridized carbons (Fsp3) is 0.462. The van der Waals surface area contributed by atoms with Crippen LogP contribution in [0.4, 0.5) is 0 Å². The first-order chi connectivity index (χ1) is 7.22. The van der Waals surface area contributed by atoms with E-state index in [1.807, 2.05) is 0 Å². The molecule has 0 spiro atoms. The predicted octanol–water partition coefficient (Wildman–Crippen LogP) is 3.05. The van der Waals surface area contributed by atoms with E-state index in [-0.39, 0.29) is 6.42 Å². The molecule has 1 aromatic rings. The summed E-state index contributed by atoms with van der Waals surface area (Å²) < 4.78 is 0. The van der Waals surface area contributed by atoms with Gasteiger partial charge in [0.15, 0.2) is 0 Å². The molecule has 1 rings (SSSR count). The van der Waals surface area contributed by atoms with Gasteiger partial charge in [-0.05, 0) is 30.4 Å². The molecule has 1 aromatic carbocycles. The number of benzene rings is 1. The van der Waals surface area contributed by atoms with Crippen LogP contribution < -0.4 is 0 Å². The van der Waals surface area contributed by atoms with E-state index in [1.165, 1.54) is 17.5 Å². The van der Waals surface area contributed by atoms with Crippen molar-refractivity contribution in [3.05, 3.63) is 35.4 Å². The summed E-state index contributed by atoms with van der Waals surface area (Å²) in [5.41, 5.74) is 2.59. The number of aryl methyl sites for hydroxylation is 2. The molecule has 0 bridgehead atoms. The maximum absolute atomic E-state index is 10.3. The van der Waals surface area contributed by atoms with Crippen molar-refractivity contribution in [3.8, 4) is 0 Å². The second-order valence-corrected chi connectivity index (χ2v) is 3.81. The number of carboxylic acids is 1. The number of carbonyl (C=O) groups is 1. The van der Waals surface area contributed by atoms with Gasteiger partial charge in [-0.25, -0.2) is 0 Å². The van der Waals surface area contributed by atoms with Crippen LogP contribution in [0.5, 0.6) is 0 Å². The molecule has 0 amide bonds. The third-order valence-electron chi connectivity index (χ3n) is 2.42. The highest BCUT2D eigenvalue weighted by atomic mass is 16.4. The fourth-order valence-corrected chi connectivity index (χ4v) is 1.61. The lowest BCUT2D eigenvalue weighted by Gasteiger charge is -2.02. The zero-order valence-electron chi connectivity index (χ0n) is 9.20. The Morgan fingerprint density at radius 2 is 1.67 bits per heavy atom. The number of hydrogen-bond donors (Lipinski definition) is 1. The van der Waals surface area contributed by atoms with Crippen molar-refractivity contribution in [2.45, 2.75) is 39.0 Å². The standard InChI is InChI=1S/C13H18O2/c1-2-4-11-7-9-12(10-8-11)5-3-6-13(14)15/h7-10H,2-6H2,1H3,(H,14,15). The molecule has 0 aromatic heterocycles. The fourth-order valence-electron chi connectivity index (χ4n) is 1.61. The van der Waals surface area contributed by atoms with Crippen LogP contribution in [0.15, 0.2) is 24.3 Å². The van der Waals surface area contributed by atoms with E-state index in [2.05, 4.69) is 31.2 Å². The molecule has 0 saturated heterocycles. The Morgan fingerprint density at radius 1 is 1.13 bits per heavy atom. The van der Waals surface area contributed by atoms with Gasteiger partial charge in [-0.1, -0.05) is 37.6 Å². The molecule has 0 heterocycles. The number of rotatable bonds is 6. The molecule has 82 valence electrons. The first kappa shape index (κ1) is 11.8. The Hall–Kier alpha value is -1.31. The Bertz CT molecular complexity index is 301. The molecule has 1 N–H and O–H groups in total. The third-order valence-corrected chi connectivity index (χ3v) is 2.42.